The third-order valence-electron chi connectivity index (χ3n) is 5.87. The largest absolute Gasteiger partial charge is 0.354 e. The molecule has 5 heteroatoms. The first kappa shape index (κ1) is 19.2. The van der Waals surface area contributed by atoms with Crippen molar-refractivity contribution in [3.05, 3.63) is 23.9 Å². The van der Waals surface area contributed by atoms with Gasteiger partial charge in [0.2, 0.25) is 5.91 Å². The molecule has 2 heterocycles. The van der Waals surface area contributed by atoms with Crippen molar-refractivity contribution < 1.29 is 4.79 Å². The van der Waals surface area contributed by atoms with Crippen molar-refractivity contribution in [3.63, 3.8) is 0 Å². The Morgan fingerprint density at radius 3 is 2.62 bits per heavy atom. The van der Waals surface area contributed by atoms with E-state index in [-0.39, 0.29) is 5.91 Å². The van der Waals surface area contributed by atoms with Gasteiger partial charge < -0.3 is 15.1 Å². The van der Waals surface area contributed by atoms with Crippen LogP contribution in [0.4, 0.5) is 5.82 Å². The maximum atomic E-state index is 12.1. The molecular weight excluding hydrogens is 324 g/mol. The lowest BCUT2D eigenvalue weighted by atomic mass is 9.86. The fourth-order valence-electron chi connectivity index (χ4n) is 4.06. The molecule has 3 rings (SSSR count). The van der Waals surface area contributed by atoms with Crippen LogP contribution in [0.25, 0.3) is 0 Å². The number of hydrogen-bond acceptors (Lipinski definition) is 4. The predicted molar refractivity (Wildman–Crippen MR) is 106 cm³/mol. The average Bonchev–Trinajstić information content (AvgIpc) is 2.68. The topological polar surface area (TPSA) is 48.5 Å². The molecule has 2 aliphatic rings. The van der Waals surface area contributed by atoms with Crippen LogP contribution < -0.4 is 10.2 Å². The molecule has 1 aliphatic carbocycles. The number of pyridine rings is 1. The zero-order valence-corrected chi connectivity index (χ0v) is 16.3. The third kappa shape index (κ3) is 5.97. The number of amides is 1. The van der Waals surface area contributed by atoms with Gasteiger partial charge in [-0.05, 0) is 37.4 Å². The highest BCUT2D eigenvalue weighted by atomic mass is 16.1. The molecule has 144 valence electrons. The lowest BCUT2D eigenvalue weighted by Crippen LogP contribution is -2.44. The highest BCUT2D eigenvalue weighted by Crippen LogP contribution is 2.27. The van der Waals surface area contributed by atoms with E-state index in [9.17, 15) is 4.79 Å². The maximum Gasteiger partial charge on any atom is 0.220 e. The van der Waals surface area contributed by atoms with E-state index < -0.39 is 0 Å². The summed E-state index contributed by atoms with van der Waals surface area (Å²) in [6.07, 6.45) is 11.7. The third-order valence-corrected chi connectivity index (χ3v) is 5.87. The lowest BCUT2D eigenvalue weighted by Gasteiger charge is -2.33. The van der Waals surface area contributed by atoms with Crippen LogP contribution >= 0.6 is 0 Å². The van der Waals surface area contributed by atoms with Crippen LogP contribution in [0.2, 0.25) is 0 Å². The van der Waals surface area contributed by atoms with Gasteiger partial charge >= 0.3 is 0 Å². The Hall–Kier alpha value is -1.62. The Kier molecular flexibility index (Phi) is 7.30. The number of carbonyl (C=O) groups excluding carboxylic acids is 1. The van der Waals surface area contributed by atoms with Crippen LogP contribution in [-0.4, -0.2) is 49.0 Å². The number of anilines is 1. The minimum Gasteiger partial charge on any atom is -0.354 e. The van der Waals surface area contributed by atoms with E-state index >= 15 is 0 Å². The second-order valence-corrected chi connectivity index (χ2v) is 7.99. The van der Waals surface area contributed by atoms with E-state index in [1.54, 1.807) is 0 Å². The quantitative estimate of drug-likeness (QED) is 0.813. The molecule has 1 saturated heterocycles. The summed E-state index contributed by atoms with van der Waals surface area (Å²) < 4.78 is 0. The number of nitrogens with one attached hydrogen (secondary N) is 1. The maximum absolute atomic E-state index is 12.1. The molecule has 0 radical (unpaired) electrons. The summed E-state index contributed by atoms with van der Waals surface area (Å²) in [6.45, 7) is 4.81. The second kappa shape index (κ2) is 9.91. The Morgan fingerprint density at radius 1 is 1.15 bits per heavy atom. The first-order valence-electron chi connectivity index (χ1n) is 10.4. The van der Waals surface area contributed by atoms with Crippen molar-refractivity contribution in [2.24, 2.45) is 5.92 Å². The Bertz CT molecular complexity index is 546. The molecule has 0 spiro atoms. The van der Waals surface area contributed by atoms with Crippen molar-refractivity contribution in [2.45, 2.75) is 57.9 Å². The van der Waals surface area contributed by atoms with Gasteiger partial charge in [-0.15, -0.1) is 0 Å². The van der Waals surface area contributed by atoms with Gasteiger partial charge in [0.05, 0.1) is 0 Å². The number of hydrogen-bond donors (Lipinski definition) is 1. The number of piperazine rings is 1. The summed E-state index contributed by atoms with van der Waals surface area (Å²) in [6, 6.07) is 4.17. The molecule has 0 bridgehead atoms. The molecule has 1 saturated carbocycles. The van der Waals surface area contributed by atoms with E-state index in [1.807, 2.05) is 6.20 Å². The first-order chi connectivity index (χ1) is 12.7. The smallest absolute Gasteiger partial charge is 0.220 e. The minimum absolute atomic E-state index is 0.170. The van der Waals surface area contributed by atoms with Crippen LogP contribution in [0.1, 0.15) is 56.9 Å². The van der Waals surface area contributed by atoms with Crippen molar-refractivity contribution in [1.82, 2.24) is 15.2 Å². The second-order valence-electron chi connectivity index (χ2n) is 7.99. The van der Waals surface area contributed by atoms with Gasteiger partial charge in [0.25, 0.3) is 0 Å². The predicted octanol–water partition coefficient (Wildman–Crippen LogP) is 3.20. The highest BCUT2D eigenvalue weighted by molar-refractivity contribution is 5.75. The monoisotopic (exact) mass is 358 g/mol. The zero-order chi connectivity index (χ0) is 18.2. The summed E-state index contributed by atoms with van der Waals surface area (Å²) in [7, 11) is 2.16. The van der Waals surface area contributed by atoms with Crippen LogP contribution in [0, 0.1) is 5.92 Å². The summed E-state index contributed by atoms with van der Waals surface area (Å²) >= 11 is 0. The van der Waals surface area contributed by atoms with Crippen molar-refractivity contribution in [2.75, 3.05) is 38.1 Å². The van der Waals surface area contributed by atoms with Crippen LogP contribution in [0.15, 0.2) is 18.3 Å². The number of likely N-dealkylation sites (N-methyl/N-ethyl adjacent to an activating group) is 1. The summed E-state index contributed by atoms with van der Waals surface area (Å²) in [5, 5.41) is 3.04. The number of carbonyl (C=O) groups is 1. The highest BCUT2D eigenvalue weighted by Gasteiger charge is 2.15. The van der Waals surface area contributed by atoms with Crippen molar-refractivity contribution in [3.8, 4) is 0 Å². The fraction of sp³-hybridized carbons (Fsp3) is 0.714. The van der Waals surface area contributed by atoms with Crippen molar-refractivity contribution >= 4 is 11.7 Å². The molecule has 1 N–H and O–H groups in total. The van der Waals surface area contributed by atoms with Gasteiger partial charge in [-0.3, -0.25) is 4.79 Å². The van der Waals surface area contributed by atoms with Crippen LogP contribution in [0.5, 0.6) is 0 Å². The Morgan fingerprint density at radius 2 is 1.92 bits per heavy atom. The van der Waals surface area contributed by atoms with Crippen molar-refractivity contribution in [1.29, 1.82) is 0 Å². The van der Waals surface area contributed by atoms with Gasteiger partial charge in [0, 0.05) is 45.3 Å². The number of aromatic nitrogens is 1. The molecule has 0 atom stereocenters. The summed E-state index contributed by atoms with van der Waals surface area (Å²) in [4.78, 5) is 21.3. The van der Waals surface area contributed by atoms with Gasteiger partial charge in [-0.1, -0.05) is 38.2 Å². The normalized spacial score (nSPS) is 19.5. The van der Waals surface area contributed by atoms with E-state index in [2.05, 4.69) is 39.3 Å². The van der Waals surface area contributed by atoms with E-state index in [1.165, 1.54) is 38.5 Å². The molecule has 26 heavy (non-hydrogen) atoms. The fourth-order valence-corrected chi connectivity index (χ4v) is 4.06. The molecule has 0 aromatic carbocycles. The summed E-state index contributed by atoms with van der Waals surface area (Å²) in [5.41, 5.74) is 1.07. The van der Waals surface area contributed by atoms with Gasteiger partial charge in [0.15, 0.2) is 0 Å². The first-order valence-corrected chi connectivity index (χ1v) is 10.4. The zero-order valence-electron chi connectivity index (χ0n) is 16.3. The van der Waals surface area contributed by atoms with Gasteiger partial charge in [0.1, 0.15) is 5.82 Å². The van der Waals surface area contributed by atoms with Gasteiger partial charge in [-0.2, -0.15) is 0 Å². The number of nitrogens with zero attached hydrogens (tertiary/aromatic N) is 3. The molecule has 0 unspecified atom stereocenters. The van der Waals surface area contributed by atoms with E-state index in [4.69, 9.17) is 0 Å². The SMILES string of the molecule is CN1CCN(c2ccc(CNC(=O)CCCC3CCCCC3)cn2)CC1. The van der Waals surface area contributed by atoms with E-state index in [0.29, 0.717) is 13.0 Å². The van der Waals surface area contributed by atoms with E-state index in [0.717, 1.165) is 49.9 Å². The number of rotatable bonds is 7. The Labute approximate surface area is 158 Å². The standard InChI is InChI=1S/C21H34N4O/c1-24-12-14-25(15-13-24)20-11-10-19(16-22-20)17-23-21(26)9-5-8-18-6-3-2-4-7-18/h10-11,16,18H,2-9,12-15,17H2,1H3,(H,23,26). The van der Waals surface area contributed by atoms with Crippen LogP contribution in [0.3, 0.4) is 0 Å². The Balaban J connectivity index is 1.34. The molecule has 1 aromatic rings. The average molecular weight is 359 g/mol. The minimum atomic E-state index is 0.170. The van der Waals surface area contributed by atoms with Crippen LogP contribution in [-0.2, 0) is 11.3 Å². The van der Waals surface area contributed by atoms with Gasteiger partial charge in [-0.25, -0.2) is 4.98 Å². The molecular formula is C21H34N4O. The molecule has 1 amide bonds. The molecule has 5 nitrogen and oxygen atoms in total. The molecule has 1 aliphatic heterocycles. The lowest BCUT2D eigenvalue weighted by molar-refractivity contribution is -0.121. The summed E-state index contributed by atoms with van der Waals surface area (Å²) in [5.74, 6) is 2.08. The molecule has 1 aromatic heterocycles. The molecule has 2 fully saturated rings.